The quantitative estimate of drug-likeness (QED) is 0.776. The Hall–Kier alpha value is -0.830. The predicted molar refractivity (Wildman–Crippen MR) is 57.2 cm³/mol. The van der Waals surface area contributed by atoms with Crippen LogP contribution >= 0.6 is 0 Å². The average molecular weight is 193 g/mol. The highest BCUT2D eigenvalue weighted by molar-refractivity contribution is 5.12. The van der Waals surface area contributed by atoms with Gasteiger partial charge >= 0.3 is 0 Å². The molecule has 0 spiro atoms. The summed E-state index contributed by atoms with van der Waals surface area (Å²) in [5.74, 6) is 1.67. The van der Waals surface area contributed by atoms with Gasteiger partial charge in [-0.2, -0.15) is 0 Å². The number of nitrogens with two attached hydrogens (primary N) is 1. The van der Waals surface area contributed by atoms with Gasteiger partial charge in [-0.1, -0.05) is 6.92 Å². The van der Waals surface area contributed by atoms with E-state index in [0.29, 0.717) is 5.92 Å². The van der Waals surface area contributed by atoms with Crippen molar-refractivity contribution in [2.75, 3.05) is 0 Å². The van der Waals surface area contributed by atoms with Gasteiger partial charge < -0.3 is 10.3 Å². The first kappa shape index (κ1) is 9.71. The minimum atomic E-state index is 0.223. The monoisotopic (exact) mass is 193 g/mol. The van der Waals surface area contributed by atoms with Crippen molar-refractivity contribution in [3.05, 3.63) is 17.7 Å². The van der Waals surface area contributed by atoms with E-state index in [1.807, 2.05) is 0 Å². The molecule has 2 heterocycles. The van der Waals surface area contributed by atoms with E-state index < -0.39 is 0 Å². The molecule has 1 aromatic heterocycles. The van der Waals surface area contributed by atoms with Crippen molar-refractivity contribution in [1.82, 2.24) is 9.55 Å². The summed E-state index contributed by atoms with van der Waals surface area (Å²) in [6.07, 6.45) is 5.63. The number of rotatable bonds is 2. The van der Waals surface area contributed by atoms with Gasteiger partial charge in [0.15, 0.2) is 0 Å². The van der Waals surface area contributed by atoms with Crippen molar-refractivity contribution in [1.29, 1.82) is 0 Å². The number of aryl methyl sites for hydroxylation is 2. The normalized spacial score (nSPS) is 23.2. The molecular formula is C11H19N3. The number of hydrogen-bond donors (Lipinski definition) is 1. The van der Waals surface area contributed by atoms with E-state index in [0.717, 1.165) is 13.0 Å². The van der Waals surface area contributed by atoms with Crippen LogP contribution in [0.25, 0.3) is 0 Å². The van der Waals surface area contributed by atoms with Crippen LogP contribution in [0.5, 0.6) is 0 Å². The van der Waals surface area contributed by atoms with E-state index in [2.05, 4.69) is 29.6 Å². The molecule has 1 aliphatic heterocycles. The summed E-state index contributed by atoms with van der Waals surface area (Å²) in [5.41, 5.74) is 7.18. The number of hydrogen-bond acceptors (Lipinski definition) is 2. The molecule has 0 saturated carbocycles. The largest absolute Gasteiger partial charge is 0.334 e. The molecule has 0 aliphatic carbocycles. The van der Waals surface area contributed by atoms with Gasteiger partial charge in [0.25, 0.3) is 0 Å². The molecule has 0 saturated heterocycles. The number of imidazole rings is 1. The summed E-state index contributed by atoms with van der Waals surface area (Å²) in [5, 5.41) is 0. The average Bonchev–Trinajstić information content (AvgIpc) is 2.59. The fourth-order valence-corrected chi connectivity index (χ4v) is 2.24. The van der Waals surface area contributed by atoms with Crippen LogP contribution in [0.2, 0.25) is 0 Å². The molecule has 0 fully saturated rings. The molecule has 2 unspecified atom stereocenters. The molecule has 0 bridgehead atoms. The van der Waals surface area contributed by atoms with Crippen LogP contribution in [0, 0.1) is 0 Å². The Kier molecular flexibility index (Phi) is 2.59. The van der Waals surface area contributed by atoms with Gasteiger partial charge in [0.1, 0.15) is 5.82 Å². The molecule has 0 amide bonds. The second-order valence-corrected chi connectivity index (χ2v) is 4.25. The standard InChI is InChI=1S/C11H19N3/c1-3-9-7-14-6-4-5-10(8(2)12)11(14)13-9/h7-8,10H,3-6,12H2,1-2H3. The Morgan fingerprint density at radius 3 is 3.14 bits per heavy atom. The maximum Gasteiger partial charge on any atom is 0.113 e. The first-order chi connectivity index (χ1) is 6.72. The van der Waals surface area contributed by atoms with Gasteiger partial charge in [-0.25, -0.2) is 4.98 Å². The molecule has 14 heavy (non-hydrogen) atoms. The lowest BCUT2D eigenvalue weighted by molar-refractivity contribution is 0.403. The minimum absolute atomic E-state index is 0.223. The number of aromatic nitrogens is 2. The highest BCUT2D eigenvalue weighted by atomic mass is 15.1. The SMILES string of the molecule is CCc1cn2c(n1)C(C(C)N)CCC2. The van der Waals surface area contributed by atoms with E-state index in [4.69, 9.17) is 5.73 Å². The Bertz CT molecular complexity index is 314. The van der Waals surface area contributed by atoms with E-state index in [1.54, 1.807) is 0 Å². The summed E-state index contributed by atoms with van der Waals surface area (Å²) < 4.78 is 2.29. The zero-order valence-electron chi connectivity index (χ0n) is 9.03. The van der Waals surface area contributed by atoms with Crippen LogP contribution in [0.15, 0.2) is 6.20 Å². The minimum Gasteiger partial charge on any atom is -0.334 e. The lowest BCUT2D eigenvalue weighted by Crippen LogP contribution is -2.30. The molecule has 0 radical (unpaired) electrons. The van der Waals surface area contributed by atoms with Crippen LogP contribution in [0.3, 0.4) is 0 Å². The fourth-order valence-electron chi connectivity index (χ4n) is 2.24. The number of nitrogens with zero attached hydrogens (tertiary/aromatic N) is 2. The highest BCUT2D eigenvalue weighted by Crippen LogP contribution is 2.28. The van der Waals surface area contributed by atoms with Gasteiger partial charge in [-0.05, 0) is 26.2 Å². The molecular weight excluding hydrogens is 174 g/mol. The lowest BCUT2D eigenvalue weighted by atomic mass is 9.93. The molecule has 0 aromatic carbocycles. The molecule has 2 N–H and O–H groups in total. The van der Waals surface area contributed by atoms with E-state index in [1.165, 1.54) is 24.4 Å². The summed E-state index contributed by atoms with van der Waals surface area (Å²) in [6.45, 7) is 5.35. The van der Waals surface area contributed by atoms with Crippen LogP contribution in [0.1, 0.15) is 44.1 Å². The molecule has 1 aliphatic rings. The topological polar surface area (TPSA) is 43.8 Å². The maximum atomic E-state index is 5.98. The third-order valence-corrected chi connectivity index (χ3v) is 3.10. The smallest absolute Gasteiger partial charge is 0.113 e. The fraction of sp³-hybridized carbons (Fsp3) is 0.727. The summed E-state index contributed by atoms with van der Waals surface area (Å²) in [7, 11) is 0. The second-order valence-electron chi connectivity index (χ2n) is 4.25. The van der Waals surface area contributed by atoms with E-state index >= 15 is 0 Å². The second kappa shape index (κ2) is 3.73. The molecule has 78 valence electrons. The van der Waals surface area contributed by atoms with Crippen LogP contribution in [-0.4, -0.2) is 15.6 Å². The first-order valence-electron chi connectivity index (χ1n) is 5.54. The molecule has 2 rings (SSSR count). The Balaban J connectivity index is 2.33. The molecule has 1 aromatic rings. The Morgan fingerprint density at radius 1 is 1.71 bits per heavy atom. The van der Waals surface area contributed by atoms with Crippen molar-refractivity contribution in [2.24, 2.45) is 5.73 Å². The van der Waals surface area contributed by atoms with Crippen molar-refractivity contribution in [3.63, 3.8) is 0 Å². The maximum absolute atomic E-state index is 5.98. The van der Waals surface area contributed by atoms with Crippen LogP contribution in [-0.2, 0) is 13.0 Å². The Labute approximate surface area is 85.3 Å². The van der Waals surface area contributed by atoms with Crippen molar-refractivity contribution < 1.29 is 0 Å². The Morgan fingerprint density at radius 2 is 2.50 bits per heavy atom. The zero-order chi connectivity index (χ0) is 10.1. The van der Waals surface area contributed by atoms with Crippen LogP contribution in [0.4, 0.5) is 0 Å². The molecule has 3 heteroatoms. The summed E-state index contributed by atoms with van der Waals surface area (Å²) in [6, 6.07) is 0.223. The van der Waals surface area contributed by atoms with E-state index in [9.17, 15) is 0 Å². The third kappa shape index (κ3) is 1.57. The van der Waals surface area contributed by atoms with Gasteiger partial charge in [-0.3, -0.25) is 0 Å². The van der Waals surface area contributed by atoms with Gasteiger partial charge in [0.05, 0.1) is 5.69 Å². The summed E-state index contributed by atoms with van der Waals surface area (Å²) >= 11 is 0. The van der Waals surface area contributed by atoms with Crippen LogP contribution < -0.4 is 5.73 Å². The predicted octanol–water partition coefficient (Wildman–Crippen LogP) is 1.67. The van der Waals surface area contributed by atoms with Gasteiger partial charge in [-0.15, -0.1) is 0 Å². The van der Waals surface area contributed by atoms with Crippen molar-refractivity contribution in [3.8, 4) is 0 Å². The molecule has 3 nitrogen and oxygen atoms in total. The summed E-state index contributed by atoms with van der Waals surface area (Å²) in [4.78, 5) is 4.65. The van der Waals surface area contributed by atoms with Gasteiger partial charge in [0.2, 0.25) is 0 Å². The third-order valence-electron chi connectivity index (χ3n) is 3.10. The number of fused-ring (bicyclic) bond motifs is 1. The van der Waals surface area contributed by atoms with E-state index in [-0.39, 0.29) is 6.04 Å². The first-order valence-corrected chi connectivity index (χ1v) is 5.54. The van der Waals surface area contributed by atoms with Gasteiger partial charge in [0, 0.05) is 24.7 Å². The lowest BCUT2D eigenvalue weighted by Gasteiger charge is -2.25. The van der Waals surface area contributed by atoms with Crippen molar-refractivity contribution >= 4 is 0 Å². The zero-order valence-corrected chi connectivity index (χ0v) is 9.03. The van der Waals surface area contributed by atoms with Crippen molar-refractivity contribution in [2.45, 2.75) is 51.6 Å². The molecule has 2 atom stereocenters. The highest BCUT2D eigenvalue weighted by Gasteiger charge is 2.25.